The molecule has 0 aromatic heterocycles. The van der Waals surface area contributed by atoms with Crippen LogP contribution in [-0.2, 0) is 0 Å². The van der Waals surface area contributed by atoms with Gasteiger partial charge in [0.2, 0.25) is 5.75 Å². The van der Waals surface area contributed by atoms with E-state index in [1.54, 1.807) is 28.4 Å². The van der Waals surface area contributed by atoms with Crippen molar-refractivity contribution in [2.45, 2.75) is 18.3 Å². The number of benzene rings is 2. The van der Waals surface area contributed by atoms with Gasteiger partial charge in [0.1, 0.15) is 5.75 Å². The Bertz CT molecular complexity index is 653. The summed E-state index contributed by atoms with van der Waals surface area (Å²) in [5.41, 5.74) is 2.56. The Morgan fingerprint density at radius 2 is 1.26 bits per heavy atom. The van der Waals surface area contributed by atoms with E-state index in [1.807, 2.05) is 12.1 Å². The molecule has 0 aliphatic heterocycles. The minimum Gasteiger partial charge on any atom is -0.497 e. The van der Waals surface area contributed by atoms with E-state index in [2.05, 4.69) is 24.3 Å². The Balaban J connectivity index is 1.85. The molecule has 23 heavy (non-hydrogen) atoms. The SMILES string of the molecule is COc1ccc(C2CC2c2cc(OC)c(OC)c(OC)c2)cc1. The van der Waals surface area contributed by atoms with Crippen molar-refractivity contribution in [3.05, 3.63) is 47.5 Å². The number of hydrogen-bond acceptors (Lipinski definition) is 4. The standard InChI is InChI=1S/C19H22O4/c1-20-14-7-5-12(6-8-14)15-11-16(15)13-9-17(21-2)19(23-4)18(10-13)22-3/h5-10,15-16H,11H2,1-4H3. The molecule has 4 nitrogen and oxygen atoms in total. The largest absolute Gasteiger partial charge is 0.497 e. The van der Waals surface area contributed by atoms with Crippen molar-refractivity contribution in [3.63, 3.8) is 0 Å². The van der Waals surface area contributed by atoms with Gasteiger partial charge < -0.3 is 18.9 Å². The maximum atomic E-state index is 5.45. The molecule has 3 rings (SSSR count). The van der Waals surface area contributed by atoms with Crippen LogP contribution < -0.4 is 18.9 Å². The lowest BCUT2D eigenvalue weighted by Gasteiger charge is -2.14. The van der Waals surface area contributed by atoms with Gasteiger partial charge in [-0.1, -0.05) is 12.1 Å². The molecule has 2 aromatic carbocycles. The van der Waals surface area contributed by atoms with Crippen LogP contribution >= 0.6 is 0 Å². The third-order valence-electron chi connectivity index (χ3n) is 4.45. The molecule has 0 N–H and O–H groups in total. The lowest BCUT2D eigenvalue weighted by Crippen LogP contribution is -1.97. The van der Waals surface area contributed by atoms with Crippen LogP contribution in [0.25, 0.3) is 0 Å². The van der Waals surface area contributed by atoms with Crippen LogP contribution in [0.2, 0.25) is 0 Å². The summed E-state index contributed by atoms with van der Waals surface area (Å²) in [7, 11) is 6.60. The Labute approximate surface area is 136 Å². The van der Waals surface area contributed by atoms with Gasteiger partial charge in [-0.2, -0.15) is 0 Å². The summed E-state index contributed by atoms with van der Waals surface area (Å²) in [6.45, 7) is 0. The van der Waals surface area contributed by atoms with Crippen molar-refractivity contribution < 1.29 is 18.9 Å². The van der Waals surface area contributed by atoms with Crippen molar-refractivity contribution in [2.24, 2.45) is 0 Å². The van der Waals surface area contributed by atoms with Crippen molar-refractivity contribution >= 4 is 0 Å². The monoisotopic (exact) mass is 314 g/mol. The molecular weight excluding hydrogens is 292 g/mol. The maximum Gasteiger partial charge on any atom is 0.203 e. The van der Waals surface area contributed by atoms with Gasteiger partial charge in [-0.25, -0.2) is 0 Å². The average Bonchev–Trinajstić information content (AvgIpc) is 3.41. The van der Waals surface area contributed by atoms with Gasteiger partial charge >= 0.3 is 0 Å². The summed E-state index contributed by atoms with van der Waals surface area (Å²) in [6, 6.07) is 12.4. The van der Waals surface area contributed by atoms with E-state index in [9.17, 15) is 0 Å². The van der Waals surface area contributed by atoms with Crippen molar-refractivity contribution in [1.29, 1.82) is 0 Å². The molecule has 0 bridgehead atoms. The summed E-state index contributed by atoms with van der Waals surface area (Å²) in [4.78, 5) is 0. The van der Waals surface area contributed by atoms with Crippen LogP contribution in [0.5, 0.6) is 23.0 Å². The van der Waals surface area contributed by atoms with Crippen molar-refractivity contribution in [2.75, 3.05) is 28.4 Å². The lowest BCUT2D eigenvalue weighted by molar-refractivity contribution is 0.324. The van der Waals surface area contributed by atoms with Crippen molar-refractivity contribution in [3.8, 4) is 23.0 Å². The Morgan fingerprint density at radius 3 is 1.74 bits per heavy atom. The summed E-state index contributed by atoms with van der Waals surface area (Å²) in [5.74, 6) is 3.96. The molecule has 0 saturated heterocycles. The number of methoxy groups -OCH3 is 4. The first kappa shape index (κ1) is 15.5. The van der Waals surface area contributed by atoms with E-state index in [-0.39, 0.29) is 0 Å². The van der Waals surface area contributed by atoms with Crippen LogP contribution in [0.3, 0.4) is 0 Å². The fourth-order valence-corrected chi connectivity index (χ4v) is 3.10. The second kappa shape index (κ2) is 6.41. The van der Waals surface area contributed by atoms with Crippen molar-refractivity contribution in [1.82, 2.24) is 0 Å². The molecule has 1 fully saturated rings. The van der Waals surface area contributed by atoms with E-state index in [1.165, 1.54) is 11.1 Å². The molecule has 4 heteroatoms. The number of hydrogen-bond donors (Lipinski definition) is 0. The van der Waals surface area contributed by atoms with Gasteiger partial charge in [0.25, 0.3) is 0 Å². The first-order chi connectivity index (χ1) is 11.2. The molecule has 2 aromatic rings. The minimum absolute atomic E-state index is 0.483. The van der Waals surface area contributed by atoms with Crippen LogP contribution in [0.1, 0.15) is 29.4 Å². The fraction of sp³-hybridized carbons (Fsp3) is 0.368. The van der Waals surface area contributed by atoms with Gasteiger partial charge in [0.05, 0.1) is 28.4 Å². The second-order valence-corrected chi connectivity index (χ2v) is 5.68. The van der Waals surface area contributed by atoms with E-state index >= 15 is 0 Å². The predicted octanol–water partition coefficient (Wildman–Crippen LogP) is 3.99. The molecule has 1 saturated carbocycles. The third-order valence-corrected chi connectivity index (χ3v) is 4.45. The quantitative estimate of drug-likeness (QED) is 0.808. The zero-order valence-electron chi connectivity index (χ0n) is 14.0. The molecule has 1 aliphatic rings. The van der Waals surface area contributed by atoms with E-state index in [4.69, 9.17) is 18.9 Å². The molecule has 1 aliphatic carbocycles. The van der Waals surface area contributed by atoms with Gasteiger partial charge in [-0.15, -0.1) is 0 Å². The molecule has 0 heterocycles. The Morgan fingerprint density at radius 1 is 0.696 bits per heavy atom. The second-order valence-electron chi connectivity index (χ2n) is 5.68. The number of ether oxygens (including phenoxy) is 4. The van der Waals surface area contributed by atoms with Gasteiger partial charge in [0, 0.05) is 0 Å². The van der Waals surface area contributed by atoms with E-state index in [0.717, 1.165) is 12.2 Å². The highest BCUT2D eigenvalue weighted by Gasteiger charge is 2.40. The minimum atomic E-state index is 0.483. The van der Waals surface area contributed by atoms with E-state index in [0.29, 0.717) is 29.1 Å². The van der Waals surface area contributed by atoms with Gasteiger partial charge in [0.15, 0.2) is 11.5 Å². The smallest absolute Gasteiger partial charge is 0.203 e. The maximum absolute atomic E-state index is 5.45. The summed E-state index contributed by atoms with van der Waals surface area (Å²) in [6.07, 6.45) is 1.13. The molecule has 2 unspecified atom stereocenters. The third kappa shape index (κ3) is 2.93. The molecule has 0 spiro atoms. The van der Waals surface area contributed by atoms with Crippen LogP contribution in [0.15, 0.2) is 36.4 Å². The highest BCUT2D eigenvalue weighted by molar-refractivity contribution is 5.56. The summed E-state index contributed by atoms with van der Waals surface area (Å²) < 4.78 is 21.5. The van der Waals surface area contributed by atoms with Gasteiger partial charge in [-0.3, -0.25) is 0 Å². The molecule has 0 amide bonds. The average molecular weight is 314 g/mol. The molecule has 0 radical (unpaired) electrons. The van der Waals surface area contributed by atoms with E-state index < -0.39 is 0 Å². The Hall–Kier alpha value is -2.36. The normalized spacial score (nSPS) is 19.1. The highest BCUT2D eigenvalue weighted by atomic mass is 16.5. The predicted molar refractivity (Wildman–Crippen MR) is 89.2 cm³/mol. The Kier molecular flexibility index (Phi) is 4.33. The van der Waals surface area contributed by atoms with Crippen LogP contribution in [-0.4, -0.2) is 28.4 Å². The molecule has 2 atom stereocenters. The fourth-order valence-electron chi connectivity index (χ4n) is 3.10. The highest BCUT2D eigenvalue weighted by Crippen LogP contribution is 2.56. The summed E-state index contributed by atoms with van der Waals surface area (Å²) in [5, 5.41) is 0. The first-order valence-electron chi connectivity index (χ1n) is 7.65. The summed E-state index contributed by atoms with van der Waals surface area (Å²) >= 11 is 0. The zero-order valence-corrected chi connectivity index (χ0v) is 14.0. The topological polar surface area (TPSA) is 36.9 Å². The zero-order chi connectivity index (χ0) is 16.4. The van der Waals surface area contributed by atoms with Crippen LogP contribution in [0.4, 0.5) is 0 Å². The van der Waals surface area contributed by atoms with Gasteiger partial charge in [-0.05, 0) is 53.6 Å². The number of rotatable bonds is 6. The lowest BCUT2D eigenvalue weighted by atomic mass is 10.0. The first-order valence-corrected chi connectivity index (χ1v) is 7.65. The van der Waals surface area contributed by atoms with Crippen LogP contribution in [0, 0.1) is 0 Å². The molecular formula is C19H22O4. The molecule has 122 valence electrons.